The van der Waals surface area contributed by atoms with Crippen molar-refractivity contribution in [2.75, 3.05) is 0 Å². The summed E-state index contributed by atoms with van der Waals surface area (Å²) in [6, 6.07) is 9.85. The molecule has 0 N–H and O–H groups in total. The molecule has 0 heterocycles. The van der Waals surface area contributed by atoms with E-state index in [0.717, 1.165) is 17.8 Å². The molecule has 0 bridgehead atoms. The highest BCUT2D eigenvalue weighted by Crippen LogP contribution is 2.45. The average Bonchev–Trinajstić information content (AvgIpc) is 2.79. The second kappa shape index (κ2) is 13.1. The van der Waals surface area contributed by atoms with Crippen molar-refractivity contribution >= 4 is 0 Å². The molecule has 0 atom stereocenters. The van der Waals surface area contributed by atoms with Gasteiger partial charge < -0.3 is 0 Å². The van der Waals surface area contributed by atoms with Crippen LogP contribution in [0.1, 0.15) is 147 Å². The maximum atomic E-state index is 2.52. The van der Waals surface area contributed by atoms with E-state index in [1.165, 1.54) is 116 Å². The van der Waals surface area contributed by atoms with Crippen molar-refractivity contribution in [1.29, 1.82) is 0 Å². The highest BCUT2D eigenvalue weighted by molar-refractivity contribution is 5.26. The van der Waals surface area contributed by atoms with Crippen LogP contribution in [0.2, 0.25) is 0 Å². The van der Waals surface area contributed by atoms with Gasteiger partial charge in [0.2, 0.25) is 0 Å². The van der Waals surface area contributed by atoms with Gasteiger partial charge in [-0.15, -0.1) is 0 Å². The van der Waals surface area contributed by atoms with Gasteiger partial charge in [-0.05, 0) is 79.2 Å². The molecule has 0 aliphatic heterocycles. The van der Waals surface area contributed by atoms with E-state index >= 15 is 0 Å². The van der Waals surface area contributed by atoms with Crippen LogP contribution in [0.4, 0.5) is 0 Å². The molecule has 3 rings (SSSR count). The van der Waals surface area contributed by atoms with E-state index < -0.39 is 0 Å². The predicted molar refractivity (Wildman–Crippen MR) is 138 cm³/mol. The zero-order valence-corrected chi connectivity index (χ0v) is 21.3. The summed E-state index contributed by atoms with van der Waals surface area (Å²) in [5.41, 5.74) is 3.81. The predicted octanol–water partition coefficient (Wildman–Crippen LogP) is 10.3. The van der Waals surface area contributed by atoms with E-state index in [0.29, 0.717) is 5.41 Å². The Bertz CT molecular complexity index is 581. The van der Waals surface area contributed by atoms with Gasteiger partial charge in [-0.1, -0.05) is 116 Å². The van der Waals surface area contributed by atoms with E-state index in [4.69, 9.17) is 0 Å². The molecule has 2 saturated carbocycles. The molecule has 0 radical (unpaired) electrons. The molecule has 0 amide bonds. The average molecular weight is 425 g/mol. The number of rotatable bonds is 12. The lowest BCUT2D eigenvalue weighted by atomic mass is 9.68. The zero-order chi connectivity index (χ0) is 21.9. The van der Waals surface area contributed by atoms with Crippen LogP contribution in [0.15, 0.2) is 24.3 Å². The lowest BCUT2D eigenvalue weighted by Gasteiger charge is -2.37. The third-order valence-corrected chi connectivity index (χ3v) is 9.02. The third-order valence-electron chi connectivity index (χ3n) is 9.02. The highest BCUT2D eigenvalue weighted by Gasteiger charge is 2.30. The Morgan fingerprint density at radius 1 is 0.710 bits per heavy atom. The molecule has 2 aliphatic rings. The fraction of sp³-hybridized carbons (Fsp3) is 0.806. The van der Waals surface area contributed by atoms with E-state index in [1.54, 1.807) is 11.1 Å². The molecule has 31 heavy (non-hydrogen) atoms. The summed E-state index contributed by atoms with van der Waals surface area (Å²) in [4.78, 5) is 0. The van der Waals surface area contributed by atoms with Crippen molar-refractivity contribution in [1.82, 2.24) is 0 Å². The summed E-state index contributed by atoms with van der Waals surface area (Å²) in [5.74, 6) is 2.86. The summed E-state index contributed by atoms with van der Waals surface area (Å²) >= 11 is 0. The topological polar surface area (TPSA) is 0 Å². The Kier molecular flexibility index (Phi) is 10.5. The molecule has 0 unspecified atom stereocenters. The van der Waals surface area contributed by atoms with Gasteiger partial charge in [-0.2, -0.15) is 0 Å². The largest absolute Gasteiger partial charge is 0.0654 e. The second-order valence-electron chi connectivity index (χ2n) is 11.7. The first kappa shape index (κ1) is 24.9. The molecule has 0 heteroatoms. The standard InChI is InChI=1S/C31H52/c1-4-6-7-8-9-10-26-11-13-27(14-12-26)15-16-28-17-19-29(20-18-28)30-21-24-31(3,23-5-2)25-22-30/h17-20,26-27,30H,4-16,21-25H2,1-3H3. The molecule has 2 fully saturated rings. The van der Waals surface area contributed by atoms with Gasteiger partial charge in [-0.25, -0.2) is 0 Å². The molecular formula is C31H52. The SMILES string of the molecule is CCCCCCCC1CCC(CCc2ccc(C3CCC(C)(CCC)CC3)cc2)CC1. The second-order valence-corrected chi connectivity index (χ2v) is 11.7. The molecule has 1 aromatic rings. The van der Waals surface area contributed by atoms with Crippen LogP contribution in [0.3, 0.4) is 0 Å². The molecular weight excluding hydrogens is 372 g/mol. The molecule has 0 saturated heterocycles. The third kappa shape index (κ3) is 8.25. The number of hydrogen-bond acceptors (Lipinski definition) is 0. The first-order valence-electron chi connectivity index (χ1n) is 14.2. The minimum atomic E-state index is 0.624. The van der Waals surface area contributed by atoms with Crippen LogP contribution in [0, 0.1) is 17.3 Å². The lowest BCUT2D eigenvalue weighted by molar-refractivity contribution is 0.182. The van der Waals surface area contributed by atoms with Gasteiger partial charge >= 0.3 is 0 Å². The van der Waals surface area contributed by atoms with Crippen LogP contribution < -0.4 is 0 Å². The van der Waals surface area contributed by atoms with E-state index in [1.807, 2.05) is 0 Å². The normalized spacial score (nSPS) is 29.2. The van der Waals surface area contributed by atoms with Gasteiger partial charge in [-0.3, -0.25) is 0 Å². The minimum Gasteiger partial charge on any atom is -0.0654 e. The molecule has 2 aliphatic carbocycles. The fourth-order valence-corrected chi connectivity index (χ4v) is 6.67. The summed E-state index contributed by atoms with van der Waals surface area (Å²) in [6.07, 6.45) is 25.9. The Morgan fingerprint density at radius 3 is 1.94 bits per heavy atom. The first-order valence-corrected chi connectivity index (χ1v) is 14.2. The zero-order valence-electron chi connectivity index (χ0n) is 21.3. The maximum Gasteiger partial charge on any atom is -0.0162 e. The first-order chi connectivity index (χ1) is 15.1. The van der Waals surface area contributed by atoms with Gasteiger partial charge in [0, 0.05) is 0 Å². The maximum absolute atomic E-state index is 2.52. The van der Waals surface area contributed by atoms with Gasteiger partial charge in [0.1, 0.15) is 0 Å². The van der Waals surface area contributed by atoms with Crippen molar-refractivity contribution < 1.29 is 0 Å². The lowest BCUT2D eigenvalue weighted by Crippen LogP contribution is -2.23. The van der Waals surface area contributed by atoms with Crippen molar-refractivity contribution in [3.05, 3.63) is 35.4 Å². The van der Waals surface area contributed by atoms with Crippen molar-refractivity contribution in [3.63, 3.8) is 0 Å². The van der Waals surface area contributed by atoms with Crippen LogP contribution in [-0.2, 0) is 6.42 Å². The van der Waals surface area contributed by atoms with Crippen LogP contribution >= 0.6 is 0 Å². The molecule has 0 spiro atoms. The number of unbranched alkanes of at least 4 members (excludes halogenated alkanes) is 4. The fourth-order valence-electron chi connectivity index (χ4n) is 6.67. The summed E-state index contributed by atoms with van der Waals surface area (Å²) in [7, 11) is 0. The Hall–Kier alpha value is -0.780. The van der Waals surface area contributed by atoms with Crippen molar-refractivity contribution in [3.8, 4) is 0 Å². The van der Waals surface area contributed by atoms with Crippen LogP contribution in [0.25, 0.3) is 0 Å². The number of aryl methyl sites for hydroxylation is 1. The summed E-state index contributed by atoms with van der Waals surface area (Å²) < 4.78 is 0. The minimum absolute atomic E-state index is 0.624. The van der Waals surface area contributed by atoms with Gasteiger partial charge in [0.05, 0.1) is 0 Å². The Labute approximate surface area is 195 Å². The Morgan fingerprint density at radius 2 is 1.32 bits per heavy atom. The highest BCUT2D eigenvalue weighted by atomic mass is 14.4. The molecule has 176 valence electrons. The summed E-state index contributed by atoms with van der Waals surface area (Å²) in [5, 5.41) is 0. The number of hydrogen-bond donors (Lipinski definition) is 0. The van der Waals surface area contributed by atoms with Crippen LogP contribution in [-0.4, -0.2) is 0 Å². The van der Waals surface area contributed by atoms with E-state index in [2.05, 4.69) is 45.0 Å². The monoisotopic (exact) mass is 424 g/mol. The van der Waals surface area contributed by atoms with Gasteiger partial charge in [0.15, 0.2) is 0 Å². The quantitative estimate of drug-likeness (QED) is 0.293. The smallest absolute Gasteiger partial charge is 0.0162 e. The summed E-state index contributed by atoms with van der Waals surface area (Å²) in [6.45, 7) is 7.18. The van der Waals surface area contributed by atoms with E-state index in [9.17, 15) is 0 Å². The van der Waals surface area contributed by atoms with Gasteiger partial charge in [0.25, 0.3) is 0 Å². The van der Waals surface area contributed by atoms with E-state index in [-0.39, 0.29) is 0 Å². The van der Waals surface area contributed by atoms with Crippen molar-refractivity contribution in [2.24, 2.45) is 17.3 Å². The molecule has 1 aromatic carbocycles. The molecule has 0 aromatic heterocycles. The van der Waals surface area contributed by atoms with Crippen LogP contribution in [0.5, 0.6) is 0 Å². The van der Waals surface area contributed by atoms with Crippen molar-refractivity contribution in [2.45, 2.75) is 142 Å². The number of benzene rings is 1. The Balaban J connectivity index is 1.32. The molecule has 0 nitrogen and oxygen atoms in total.